The van der Waals surface area contributed by atoms with Gasteiger partial charge in [-0.3, -0.25) is 9.69 Å². The number of hydrogen-bond acceptors (Lipinski definition) is 4. The summed E-state index contributed by atoms with van der Waals surface area (Å²) in [6.45, 7) is 6.89. The standard InChI is InChI=1S/C14H17NO4/c1-5-19-14(17)10(2)15(11(3)16)12-6-8-13(18-4)9-7-12/h6-9H,2,5H2,1,3-4H3. The first-order valence-electron chi connectivity index (χ1n) is 5.82. The molecule has 102 valence electrons. The molecule has 1 rings (SSSR count). The third-order valence-electron chi connectivity index (χ3n) is 2.43. The molecule has 1 amide bonds. The lowest BCUT2D eigenvalue weighted by atomic mass is 10.2. The molecule has 0 saturated heterocycles. The van der Waals surface area contributed by atoms with Crippen LogP contribution in [0.25, 0.3) is 0 Å². The lowest BCUT2D eigenvalue weighted by Gasteiger charge is -2.22. The maximum Gasteiger partial charge on any atom is 0.354 e. The molecule has 0 N–H and O–H groups in total. The first-order valence-corrected chi connectivity index (χ1v) is 5.82. The van der Waals surface area contributed by atoms with E-state index in [1.807, 2.05) is 0 Å². The Morgan fingerprint density at radius 1 is 1.26 bits per heavy atom. The van der Waals surface area contributed by atoms with E-state index in [0.717, 1.165) is 0 Å². The molecule has 0 aliphatic carbocycles. The molecule has 0 spiro atoms. The molecule has 0 fully saturated rings. The Hall–Kier alpha value is -2.30. The predicted molar refractivity (Wildman–Crippen MR) is 71.9 cm³/mol. The van der Waals surface area contributed by atoms with Crippen LogP contribution >= 0.6 is 0 Å². The Labute approximate surface area is 112 Å². The molecule has 0 unspecified atom stereocenters. The lowest BCUT2D eigenvalue weighted by Crippen LogP contribution is -2.32. The Bertz CT molecular complexity index is 479. The number of amides is 1. The Morgan fingerprint density at radius 3 is 2.26 bits per heavy atom. The predicted octanol–water partition coefficient (Wildman–Crippen LogP) is 2.12. The zero-order valence-corrected chi connectivity index (χ0v) is 11.3. The molecule has 0 bridgehead atoms. The second kappa shape index (κ2) is 6.58. The molecule has 0 radical (unpaired) electrons. The highest BCUT2D eigenvalue weighted by Gasteiger charge is 2.21. The van der Waals surface area contributed by atoms with Gasteiger partial charge >= 0.3 is 5.97 Å². The fraction of sp³-hybridized carbons (Fsp3) is 0.286. The molecule has 5 heteroatoms. The van der Waals surface area contributed by atoms with Crippen molar-refractivity contribution in [1.29, 1.82) is 0 Å². The molecule has 0 saturated carbocycles. The summed E-state index contributed by atoms with van der Waals surface area (Å²) in [7, 11) is 1.55. The van der Waals surface area contributed by atoms with Gasteiger partial charge in [0, 0.05) is 12.6 Å². The minimum Gasteiger partial charge on any atom is -0.497 e. The number of carbonyl (C=O) groups is 2. The molecular formula is C14H17NO4. The van der Waals surface area contributed by atoms with E-state index in [2.05, 4.69) is 6.58 Å². The van der Waals surface area contributed by atoms with Crippen molar-refractivity contribution in [3.05, 3.63) is 36.5 Å². The van der Waals surface area contributed by atoms with Crippen LogP contribution in [0.3, 0.4) is 0 Å². The first-order chi connectivity index (χ1) is 9.01. The van der Waals surface area contributed by atoms with Gasteiger partial charge in [-0.2, -0.15) is 0 Å². The van der Waals surface area contributed by atoms with Crippen LogP contribution in [0, 0.1) is 0 Å². The average Bonchev–Trinajstić information content (AvgIpc) is 2.39. The van der Waals surface area contributed by atoms with E-state index < -0.39 is 5.97 Å². The van der Waals surface area contributed by atoms with Gasteiger partial charge in [-0.15, -0.1) is 0 Å². The quantitative estimate of drug-likeness (QED) is 0.603. The fourth-order valence-corrected chi connectivity index (χ4v) is 1.56. The minimum atomic E-state index is -0.617. The van der Waals surface area contributed by atoms with Crippen molar-refractivity contribution in [2.75, 3.05) is 18.6 Å². The number of anilines is 1. The van der Waals surface area contributed by atoms with Crippen molar-refractivity contribution in [1.82, 2.24) is 0 Å². The zero-order chi connectivity index (χ0) is 14.4. The highest BCUT2D eigenvalue weighted by molar-refractivity contribution is 6.05. The maximum atomic E-state index is 11.7. The molecule has 5 nitrogen and oxygen atoms in total. The number of rotatable bonds is 5. The van der Waals surface area contributed by atoms with Crippen LogP contribution in [0.5, 0.6) is 5.75 Å². The van der Waals surface area contributed by atoms with E-state index in [-0.39, 0.29) is 18.2 Å². The van der Waals surface area contributed by atoms with E-state index in [0.29, 0.717) is 11.4 Å². The van der Waals surface area contributed by atoms with E-state index in [4.69, 9.17) is 9.47 Å². The van der Waals surface area contributed by atoms with E-state index in [1.165, 1.54) is 11.8 Å². The van der Waals surface area contributed by atoms with Gasteiger partial charge in [0.15, 0.2) is 0 Å². The van der Waals surface area contributed by atoms with Crippen LogP contribution in [0.1, 0.15) is 13.8 Å². The van der Waals surface area contributed by atoms with Gasteiger partial charge in [0.1, 0.15) is 11.4 Å². The van der Waals surface area contributed by atoms with E-state index in [1.54, 1.807) is 38.3 Å². The topological polar surface area (TPSA) is 55.8 Å². The van der Waals surface area contributed by atoms with Gasteiger partial charge in [-0.1, -0.05) is 6.58 Å². The average molecular weight is 263 g/mol. The monoisotopic (exact) mass is 263 g/mol. The van der Waals surface area contributed by atoms with Gasteiger partial charge in [0.2, 0.25) is 5.91 Å². The van der Waals surface area contributed by atoms with Gasteiger partial charge in [0.05, 0.1) is 13.7 Å². The van der Waals surface area contributed by atoms with Crippen molar-refractivity contribution in [2.45, 2.75) is 13.8 Å². The fourth-order valence-electron chi connectivity index (χ4n) is 1.56. The Kier molecular flexibility index (Phi) is 5.11. The van der Waals surface area contributed by atoms with Gasteiger partial charge < -0.3 is 9.47 Å². The van der Waals surface area contributed by atoms with Crippen LogP contribution in [-0.4, -0.2) is 25.6 Å². The maximum absolute atomic E-state index is 11.7. The molecule has 1 aromatic rings. The molecule has 1 aromatic carbocycles. The van der Waals surface area contributed by atoms with Crippen molar-refractivity contribution in [3.63, 3.8) is 0 Å². The first kappa shape index (κ1) is 14.8. The van der Waals surface area contributed by atoms with Crippen LogP contribution in [0.4, 0.5) is 5.69 Å². The van der Waals surface area contributed by atoms with Crippen molar-refractivity contribution in [3.8, 4) is 5.75 Å². The summed E-state index contributed by atoms with van der Waals surface area (Å²) in [5.41, 5.74) is 0.519. The molecule has 0 aromatic heterocycles. The minimum absolute atomic E-state index is 0.0143. The summed E-state index contributed by atoms with van der Waals surface area (Å²) in [6.07, 6.45) is 0. The highest BCUT2D eigenvalue weighted by atomic mass is 16.5. The van der Waals surface area contributed by atoms with Crippen LogP contribution in [-0.2, 0) is 14.3 Å². The summed E-state index contributed by atoms with van der Waals surface area (Å²) in [5, 5.41) is 0. The van der Waals surface area contributed by atoms with E-state index in [9.17, 15) is 9.59 Å². The summed E-state index contributed by atoms with van der Waals surface area (Å²) in [5.74, 6) is -0.272. The number of nitrogens with zero attached hydrogens (tertiary/aromatic N) is 1. The molecule has 0 heterocycles. The number of hydrogen-bond donors (Lipinski definition) is 0. The summed E-state index contributed by atoms with van der Waals surface area (Å²) in [6, 6.07) is 6.74. The molecule has 0 aliphatic heterocycles. The molecule has 0 aliphatic rings. The third kappa shape index (κ3) is 3.58. The smallest absolute Gasteiger partial charge is 0.354 e. The second-order valence-electron chi connectivity index (χ2n) is 3.72. The lowest BCUT2D eigenvalue weighted by molar-refractivity contribution is -0.139. The van der Waals surface area contributed by atoms with Crippen LogP contribution < -0.4 is 9.64 Å². The number of benzene rings is 1. The normalized spacial score (nSPS) is 9.63. The summed E-state index contributed by atoms with van der Waals surface area (Å²) >= 11 is 0. The van der Waals surface area contributed by atoms with Crippen molar-refractivity contribution in [2.24, 2.45) is 0 Å². The second-order valence-corrected chi connectivity index (χ2v) is 3.72. The SMILES string of the molecule is C=C(C(=O)OCC)N(C(C)=O)c1ccc(OC)cc1. The van der Waals surface area contributed by atoms with Gasteiger partial charge in [-0.25, -0.2) is 4.79 Å². The van der Waals surface area contributed by atoms with Gasteiger partial charge in [-0.05, 0) is 31.2 Å². The molecule has 0 atom stereocenters. The zero-order valence-electron chi connectivity index (χ0n) is 11.3. The Balaban J connectivity index is 3.03. The number of esters is 1. The van der Waals surface area contributed by atoms with Crippen LogP contribution in [0.15, 0.2) is 36.5 Å². The van der Waals surface area contributed by atoms with Crippen LogP contribution in [0.2, 0.25) is 0 Å². The molecular weight excluding hydrogens is 246 g/mol. The number of ether oxygens (including phenoxy) is 2. The highest BCUT2D eigenvalue weighted by Crippen LogP contribution is 2.22. The van der Waals surface area contributed by atoms with Crippen molar-refractivity contribution >= 4 is 17.6 Å². The molecule has 19 heavy (non-hydrogen) atoms. The largest absolute Gasteiger partial charge is 0.497 e. The number of carbonyl (C=O) groups excluding carboxylic acids is 2. The van der Waals surface area contributed by atoms with Gasteiger partial charge in [0.25, 0.3) is 0 Å². The third-order valence-corrected chi connectivity index (χ3v) is 2.43. The van der Waals surface area contributed by atoms with E-state index >= 15 is 0 Å². The summed E-state index contributed by atoms with van der Waals surface area (Å²) in [4.78, 5) is 24.5. The van der Waals surface area contributed by atoms with Crippen molar-refractivity contribution < 1.29 is 19.1 Å². The summed E-state index contributed by atoms with van der Waals surface area (Å²) < 4.78 is 9.88. The number of methoxy groups -OCH3 is 1. The Morgan fingerprint density at radius 2 is 1.84 bits per heavy atom.